The predicted molar refractivity (Wildman–Crippen MR) is 80.0 cm³/mol. The zero-order valence-electron chi connectivity index (χ0n) is 12.5. The Balaban J connectivity index is 2.24. The molecule has 106 valence electrons. The highest BCUT2D eigenvalue weighted by Crippen LogP contribution is 2.20. The number of hydrogen-bond acceptors (Lipinski definition) is 4. The molecule has 0 saturated heterocycles. The summed E-state index contributed by atoms with van der Waals surface area (Å²) in [6.45, 7) is 4.13. The van der Waals surface area contributed by atoms with Crippen molar-refractivity contribution in [3.63, 3.8) is 0 Å². The van der Waals surface area contributed by atoms with Gasteiger partial charge in [0.1, 0.15) is 11.6 Å². The van der Waals surface area contributed by atoms with Crippen LogP contribution in [0.25, 0.3) is 0 Å². The smallest absolute Gasteiger partial charge is 0.133 e. The van der Waals surface area contributed by atoms with Gasteiger partial charge in [-0.2, -0.15) is 0 Å². The number of para-hydroxylation sites is 1. The third-order valence-electron chi connectivity index (χ3n) is 3.51. The molecular weight excluding hydrogens is 250 g/mol. The summed E-state index contributed by atoms with van der Waals surface area (Å²) in [5.41, 5.74) is 3.26. The van der Waals surface area contributed by atoms with Crippen LogP contribution in [0.1, 0.15) is 35.6 Å². The van der Waals surface area contributed by atoms with Gasteiger partial charge in [-0.25, -0.2) is 9.97 Å². The monoisotopic (exact) mass is 271 g/mol. The third-order valence-corrected chi connectivity index (χ3v) is 3.51. The van der Waals surface area contributed by atoms with E-state index in [1.165, 1.54) is 0 Å². The number of nitrogens with one attached hydrogen (secondary N) is 1. The number of methoxy groups -OCH3 is 1. The minimum atomic E-state index is 0.260. The fraction of sp³-hybridized carbons (Fsp3) is 0.375. The molecule has 0 aliphatic heterocycles. The lowest BCUT2D eigenvalue weighted by molar-refractivity contribution is 0.410. The average Bonchev–Trinajstić information content (AvgIpc) is 2.47. The van der Waals surface area contributed by atoms with E-state index in [4.69, 9.17) is 4.74 Å². The highest BCUT2D eigenvalue weighted by Gasteiger charge is 2.10. The summed E-state index contributed by atoms with van der Waals surface area (Å²) in [4.78, 5) is 9.08. The van der Waals surface area contributed by atoms with Crippen molar-refractivity contribution in [3.8, 4) is 5.75 Å². The van der Waals surface area contributed by atoms with Crippen LogP contribution in [0.3, 0.4) is 0 Å². The van der Waals surface area contributed by atoms with E-state index >= 15 is 0 Å². The maximum atomic E-state index is 5.36. The van der Waals surface area contributed by atoms with Crippen LogP contribution in [-0.4, -0.2) is 24.1 Å². The van der Waals surface area contributed by atoms with Crippen LogP contribution in [0.15, 0.2) is 30.5 Å². The van der Waals surface area contributed by atoms with Crippen LogP contribution in [-0.2, 0) is 6.42 Å². The van der Waals surface area contributed by atoms with Gasteiger partial charge in [-0.15, -0.1) is 0 Å². The number of rotatable bonds is 5. The molecule has 4 nitrogen and oxygen atoms in total. The normalized spacial score (nSPS) is 12.2. The van der Waals surface area contributed by atoms with Gasteiger partial charge in [-0.1, -0.05) is 18.2 Å². The molecule has 1 atom stereocenters. The van der Waals surface area contributed by atoms with E-state index < -0.39 is 0 Å². The Kier molecular flexibility index (Phi) is 4.69. The first-order valence-electron chi connectivity index (χ1n) is 6.77. The molecule has 2 aromatic rings. The Morgan fingerprint density at radius 2 is 2.05 bits per heavy atom. The van der Waals surface area contributed by atoms with Gasteiger partial charge >= 0.3 is 0 Å². The van der Waals surface area contributed by atoms with Crippen molar-refractivity contribution < 1.29 is 4.74 Å². The minimum absolute atomic E-state index is 0.260. The molecule has 20 heavy (non-hydrogen) atoms. The fourth-order valence-corrected chi connectivity index (χ4v) is 2.21. The summed E-state index contributed by atoms with van der Waals surface area (Å²) in [6, 6.07) is 8.23. The van der Waals surface area contributed by atoms with Crippen molar-refractivity contribution in [1.82, 2.24) is 15.3 Å². The number of aryl methyl sites for hydroxylation is 1. The van der Waals surface area contributed by atoms with E-state index in [-0.39, 0.29) is 6.04 Å². The Morgan fingerprint density at radius 3 is 2.70 bits per heavy atom. The maximum Gasteiger partial charge on any atom is 0.133 e. The van der Waals surface area contributed by atoms with Gasteiger partial charge in [0.15, 0.2) is 0 Å². The van der Waals surface area contributed by atoms with Gasteiger partial charge < -0.3 is 10.1 Å². The van der Waals surface area contributed by atoms with Gasteiger partial charge in [-0.3, -0.25) is 0 Å². The van der Waals surface area contributed by atoms with Crippen molar-refractivity contribution in [2.75, 3.05) is 14.2 Å². The quantitative estimate of drug-likeness (QED) is 0.908. The second-order valence-electron chi connectivity index (χ2n) is 4.83. The highest BCUT2D eigenvalue weighted by atomic mass is 16.5. The maximum absolute atomic E-state index is 5.36. The summed E-state index contributed by atoms with van der Waals surface area (Å²) in [6.07, 6.45) is 2.59. The minimum Gasteiger partial charge on any atom is -0.496 e. The second-order valence-corrected chi connectivity index (χ2v) is 4.83. The summed E-state index contributed by atoms with van der Waals surface area (Å²) in [5.74, 6) is 1.69. The number of hydrogen-bond donors (Lipinski definition) is 1. The highest BCUT2D eigenvalue weighted by molar-refractivity contribution is 5.35. The molecule has 1 heterocycles. The second kappa shape index (κ2) is 6.48. The molecular formula is C16H21N3O. The van der Waals surface area contributed by atoms with Crippen molar-refractivity contribution in [1.29, 1.82) is 0 Å². The van der Waals surface area contributed by atoms with Crippen LogP contribution in [0.2, 0.25) is 0 Å². The van der Waals surface area contributed by atoms with E-state index in [1.807, 2.05) is 44.4 Å². The van der Waals surface area contributed by atoms with Gasteiger partial charge in [0.05, 0.1) is 7.11 Å². The van der Waals surface area contributed by atoms with Crippen LogP contribution in [0, 0.1) is 6.92 Å². The summed E-state index contributed by atoms with van der Waals surface area (Å²) in [5, 5.41) is 3.21. The Labute approximate surface area is 120 Å². The molecule has 0 aliphatic carbocycles. The van der Waals surface area contributed by atoms with E-state index in [0.717, 1.165) is 28.4 Å². The summed E-state index contributed by atoms with van der Waals surface area (Å²) in [7, 11) is 3.62. The number of ether oxygens (including phenoxy) is 1. The molecule has 0 spiro atoms. The molecule has 0 bridgehead atoms. The molecule has 0 radical (unpaired) electrons. The molecule has 4 heteroatoms. The standard InChI is InChI=1S/C16H21N3O/c1-11(17-3)14-10-18-16(19-12(14)2)9-13-7-5-6-8-15(13)20-4/h5-8,10-11,17H,9H2,1-4H3. The lowest BCUT2D eigenvalue weighted by Crippen LogP contribution is -2.15. The van der Waals surface area contributed by atoms with E-state index in [2.05, 4.69) is 22.2 Å². The van der Waals surface area contributed by atoms with Crippen LogP contribution in [0.4, 0.5) is 0 Å². The zero-order valence-corrected chi connectivity index (χ0v) is 12.5. The van der Waals surface area contributed by atoms with Gasteiger partial charge in [-0.05, 0) is 27.0 Å². The topological polar surface area (TPSA) is 47.0 Å². The summed E-state index contributed by atoms with van der Waals surface area (Å²) >= 11 is 0. The lowest BCUT2D eigenvalue weighted by Gasteiger charge is -2.13. The first-order chi connectivity index (χ1) is 9.65. The molecule has 0 fully saturated rings. The fourth-order valence-electron chi connectivity index (χ4n) is 2.21. The molecule has 0 aliphatic rings. The van der Waals surface area contributed by atoms with Gasteiger partial charge in [0.2, 0.25) is 0 Å². The van der Waals surface area contributed by atoms with Gasteiger partial charge in [0, 0.05) is 35.5 Å². The first kappa shape index (κ1) is 14.5. The molecule has 1 aromatic heterocycles. The predicted octanol–water partition coefficient (Wildman–Crippen LogP) is 2.66. The Bertz CT molecular complexity index is 584. The van der Waals surface area contributed by atoms with E-state index in [0.29, 0.717) is 6.42 Å². The Morgan fingerprint density at radius 1 is 1.30 bits per heavy atom. The largest absolute Gasteiger partial charge is 0.496 e. The lowest BCUT2D eigenvalue weighted by atomic mass is 10.1. The first-order valence-corrected chi connectivity index (χ1v) is 6.77. The number of aromatic nitrogens is 2. The van der Waals surface area contributed by atoms with E-state index in [1.54, 1.807) is 7.11 Å². The molecule has 1 N–H and O–H groups in total. The number of benzene rings is 1. The van der Waals surface area contributed by atoms with Crippen LogP contribution < -0.4 is 10.1 Å². The molecule has 1 aromatic carbocycles. The summed E-state index contributed by atoms with van der Waals surface area (Å²) < 4.78 is 5.36. The number of nitrogens with zero attached hydrogens (tertiary/aromatic N) is 2. The SMILES string of the molecule is CNC(C)c1cnc(Cc2ccccc2OC)nc1C. The van der Waals surface area contributed by atoms with Crippen molar-refractivity contribution in [2.45, 2.75) is 26.3 Å². The van der Waals surface area contributed by atoms with Gasteiger partial charge in [0.25, 0.3) is 0 Å². The average molecular weight is 271 g/mol. The van der Waals surface area contributed by atoms with E-state index in [9.17, 15) is 0 Å². The zero-order chi connectivity index (χ0) is 14.5. The van der Waals surface area contributed by atoms with Crippen molar-refractivity contribution in [2.24, 2.45) is 0 Å². The van der Waals surface area contributed by atoms with Crippen LogP contribution in [0.5, 0.6) is 5.75 Å². The third kappa shape index (κ3) is 3.14. The Hall–Kier alpha value is -1.94. The molecule has 0 saturated carbocycles. The van der Waals surface area contributed by atoms with Crippen molar-refractivity contribution in [3.05, 3.63) is 53.1 Å². The van der Waals surface area contributed by atoms with Crippen molar-refractivity contribution >= 4 is 0 Å². The molecule has 2 rings (SSSR count). The van der Waals surface area contributed by atoms with Crippen LogP contribution >= 0.6 is 0 Å². The molecule has 1 unspecified atom stereocenters. The molecule has 0 amide bonds.